The molecule has 104 valence electrons. The predicted octanol–water partition coefficient (Wildman–Crippen LogP) is 2.47. The first-order valence-electron chi connectivity index (χ1n) is 6.23. The number of hydrogen-bond donors (Lipinski definition) is 1. The van der Waals surface area contributed by atoms with Gasteiger partial charge in [0.05, 0.1) is 7.11 Å². The fourth-order valence-corrected chi connectivity index (χ4v) is 1.73. The van der Waals surface area contributed by atoms with Crippen LogP contribution >= 0.6 is 0 Å². The first-order valence-corrected chi connectivity index (χ1v) is 6.23. The molecule has 0 unspecified atom stereocenters. The van der Waals surface area contributed by atoms with E-state index in [-0.39, 0.29) is 0 Å². The van der Waals surface area contributed by atoms with Crippen LogP contribution in [0.5, 0.6) is 5.75 Å². The third kappa shape index (κ3) is 3.59. The normalized spacial score (nSPS) is 11.7. The standard InChI is InChI=1S/C16H16O4/c1-19-16(18)15(17)13-7-9-14(10-8-13)20-11-12-5-3-2-4-6-12/h2-10,15,17H,11H2,1H3/t15-/m1/s1. The molecule has 4 nitrogen and oxygen atoms in total. The maximum atomic E-state index is 11.2. The molecule has 0 aliphatic heterocycles. The first-order chi connectivity index (χ1) is 9.70. The minimum absolute atomic E-state index is 0.472. The van der Waals surface area contributed by atoms with Gasteiger partial charge in [0.25, 0.3) is 0 Å². The van der Waals surface area contributed by atoms with Crippen LogP contribution < -0.4 is 4.74 Å². The first kappa shape index (κ1) is 14.1. The Morgan fingerprint density at radius 2 is 1.75 bits per heavy atom. The fraction of sp³-hybridized carbons (Fsp3) is 0.188. The lowest BCUT2D eigenvalue weighted by molar-refractivity contribution is -0.150. The highest BCUT2D eigenvalue weighted by atomic mass is 16.5. The molecule has 0 aliphatic carbocycles. The number of hydrogen-bond acceptors (Lipinski definition) is 4. The highest BCUT2D eigenvalue weighted by Gasteiger charge is 2.17. The number of rotatable bonds is 5. The molecular weight excluding hydrogens is 256 g/mol. The number of benzene rings is 2. The molecule has 4 heteroatoms. The minimum atomic E-state index is -1.26. The average Bonchev–Trinajstić information content (AvgIpc) is 2.53. The Balaban J connectivity index is 1.96. The Labute approximate surface area is 117 Å². The van der Waals surface area contributed by atoms with Gasteiger partial charge >= 0.3 is 5.97 Å². The summed E-state index contributed by atoms with van der Waals surface area (Å²) in [4.78, 5) is 11.2. The molecular formula is C16H16O4. The van der Waals surface area contributed by atoms with Crippen molar-refractivity contribution in [2.45, 2.75) is 12.7 Å². The predicted molar refractivity (Wildman–Crippen MR) is 74.2 cm³/mol. The van der Waals surface area contributed by atoms with Gasteiger partial charge in [-0.25, -0.2) is 4.79 Å². The van der Waals surface area contributed by atoms with Crippen LogP contribution in [0, 0.1) is 0 Å². The SMILES string of the molecule is COC(=O)[C@H](O)c1ccc(OCc2ccccc2)cc1. The largest absolute Gasteiger partial charge is 0.489 e. The van der Waals surface area contributed by atoms with Crippen LogP contribution in [0.15, 0.2) is 54.6 Å². The Hall–Kier alpha value is -2.33. The van der Waals surface area contributed by atoms with E-state index in [1.165, 1.54) is 7.11 Å². The monoisotopic (exact) mass is 272 g/mol. The summed E-state index contributed by atoms with van der Waals surface area (Å²) >= 11 is 0. The Morgan fingerprint density at radius 3 is 2.35 bits per heavy atom. The van der Waals surface area contributed by atoms with Crippen LogP contribution in [-0.4, -0.2) is 18.2 Å². The second-order valence-electron chi connectivity index (χ2n) is 4.27. The number of ether oxygens (including phenoxy) is 2. The van der Waals surface area contributed by atoms with E-state index in [0.29, 0.717) is 17.9 Å². The molecule has 0 heterocycles. The highest BCUT2D eigenvalue weighted by molar-refractivity contribution is 5.76. The highest BCUT2D eigenvalue weighted by Crippen LogP contribution is 2.19. The molecule has 1 N–H and O–H groups in total. The second-order valence-corrected chi connectivity index (χ2v) is 4.27. The van der Waals surface area contributed by atoms with Gasteiger partial charge in [-0.05, 0) is 23.3 Å². The lowest BCUT2D eigenvalue weighted by atomic mass is 10.1. The van der Waals surface area contributed by atoms with E-state index < -0.39 is 12.1 Å². The van der Waals surface area contributed by atoms with Crippen LogP contribution in [-0.2, 0) is 16.1 Å². The summed E-state index contributed by atoms with van der Waals surface area (Å²) in [5, 5.41) is 9.67. The minimum Gasteiger partial charge on any atom is -0.489 e. The zero-order valence-corrected chi connectivity index (χ0v) is 11.2. The molecule has 2 aromatic rings. The average molecular weight is 272 g/mol. The lowest BCUT2D eigenvalue weighted by Gasteiger charge is -2.10. The third-order valence-corrected chi connectivity index (χ3v) is 2.87. The Kier molecular flexibility index (Phi) is 4.74. The van der Waals surface area contributed by atoms with Gasteiger partial charge in [0.1, 0.15) is 12.4 Å². The summed E-state index contributed by atoms with van der Waals surface area (Å²) < 4.78 is 10.1. The molecule has 0 bridgehead atoms. The molecule has 0 fully saturated rings. The molecule has 0 radical (unpaired) electrons. The van der Waals surface area contributed by atoms with Crippen molar-refractivity contribution in [3.05, 3.63) is 65.7 Å². The summed E-state index contributed by atoms with van der Waals surface area (Å²) in [7, 11) is 1.24. The number of carbonyl (C=O) groups excluding carboxylic acids is 1. The van der Waals surface area contributed by atoms with Crippen LogP contribution in [0.2, 0.25) is 0 Å². The molecule has 0 aromatic heterocycles. The van der Waals surface area contributed by atoms with Crippen molar-refractivity contribution in [3.8, 4) is 5.75 Å². The van der Waals surface area contributed by atoms with Gasteiger partial charge in [-0.3, -0.25) is 0 Å². The number of esters is 1. The summed E-state index contributed by atoms with van der Waals surface area (Å²) in [6.07, 6.45) is -1.26. The summed E-state index contributed by atoms with van der Waals surface area (Å²) in [5.74, 6) is -0.00220. The summed E-state index contributed by atoms with van der Waals surface area (Å²) in [6, 6.07) is 16.5. The quantitative estimate of drug-likeness (QED) is 0.849. The van der Waals surface area contributed by atoms with E-state index in [1.807, 2.05) is 30.3 Å². The number of aliphatic hydroxyl groups is 1. The molecule has 0 spiro atoms. The van der Waals surface area contributed by atoms with Crippen LogP contribution in [0.25, 0.3) is 0 Å². The molecule has 0 aliphatic rings. The number of methoxy groups -OCH3 is 1. The van der Waals surface area contributed by atoms with E-state index >= 15 is 0 Å². The van der Waals surface area contributed by atoms with Crippen molar-refractivity contribution in [1.29, 1.82) is 0 Å². The van der Waals surface area contributed by atoms with Gasteiger partial charge in [-0.2, -0.15) is 0 Å². The third-order valence-electron chi connectivity index (χ3n) is 2.87. The van der Waals surface area contributed by atoms with Crippen LogP contribution in [0.4, 0.5) is 0 Å². The van der Waals surface area contributed by atoms with Gasteiger partial charge in [0, 0.05) is 0 Å². The van der Waals surface area contributed by atoms with Crippen molar-refractivity contribution in [3.63, 3.8) is 0 Å². The Bertz CT molecular complexity index is 548. The van der Waals surface area contributed by atoms with Gasteiger partial charge < -0.3 is 14.6 Å². The smallest absolute Gasteiger partial charge is 0.339 e. The van der Waals surface area contributed by atoms with Gasteiger partial charge in [-0.1, -0.05) is 42.5 Å². The van der Waals surface area contributed by atoms with E-state index in [9.17, 15) is 9.90 Å². The molecule has 2 aromatic carbocycles. The van der Waals surface area contributed by atoms with E-state index in [4.69, 9.17) is 4.74 Å². The molecule has 2 rings (SSSR count). The van der Waals surface area contributed by atoms with Crippen molar-refractivity contribution in [1.82, 2.24) is 0 Å². The van der Waals surface area contributed by atoms with Gasteiger partial charge in [0.15, 0.2) is 6.10 Å². The van der Waals surface area contributed by atoms with E-state index in [2.05, 4.69) is 4.74 Å². The van der Waals surface area contributed by atoms with Crippen molar-refractivity contribution >= 4 is 5.97 Å². The molecule has 0 amide bonds. The molecule has 20 heavy (non-hydrogen) atoms. The van der Waals surface area contributed by atoms with E-state index in [1.54, 1.807) is 24.3 Å². The second kappa shape index (κ2) is 6.73. The zero-order chi connectivity index (χ0) is 14.4. The Morgan fingerprint density at radius 1 is 1.10 bits per heavy atom. The maximum absolute atomic E-state index is 11.2. The maximum Gasteiger partial charge on any atom is 0.339 e. The lowest BCUT2D eigenvalue weighted by Crippen LogP contribution is -2.13. The zero-order valence-electron chi connectivity index (χ0n) is 11.2. The van der Waals surface area contributed by atoms with Crippen LogP contribution in [0.3, 0.4) is 0 Å². The van der Waals surface area contributed by atoms with E-state index in [0.717, 1.165) is 5.56 Å². The summed E-state index contributed by atoms with van der Waals surface area (Å²) in [6.45, 7) is 0.472. The molecule has 0 saturated heterocycles. The van der Waals surface area contributed by atoms with Gasteiger partial charge in [-0.15, -0.1) is 0 Å². The topological polar surface area (TPSA) is 55.8 Å². The number of carbonyl (C=O) groups is 1. The van der Waals surface area contributed by atoms with Gasteiger partial charge in [0.2, 0.25) is 0 Å². The molecule has 0 saturated carbocycles. The van der Waals surface area contributed by atoms with Crippen molar-refractivity contribution in [2.24, 2.45) is 0 Å². The summed E-state index contributed by atoms with van der Waals surface area (Å²) in [5.41, 5.74) is 1.55. The molecule has 1 atom stereocenters. The number of aliphatic hydroxyl groups excluding tert-OH is 1. The van der Waals surface area contributed by atoms with Crippen LogP contribution in [0.1, 0.15) is 17.2 Å². The fourth-order valence-electron chi connectivity index (χ4n) is 1.73. The van der Waals surface area contributed by atoms with Crippen molar-refractivity contribution < 1.29 is 19.4 Å². The van der Waals surface area contributed by atoms with Crippen molar-refractivity contribution in [2.75, 3.05) is 7.11 Å².